The zero-order chi connectivity index (χ0) is 15.6. The molecular formula is C16H23F3N2. The highest BCUT2D eigenvalue weighted by molar-refractivity contribution is 5.27. The van der Waals surface area contributed by atoms with Gasteiger partial charge in [-0.1, -0.05) is 19.1 Å². The maximum Gasteiger partial charge on any atom is 0.416 e. The van der Waals surface area contributed by atoms with Crippen molar-refractivity contribution >= 4 is 0 Å². The summed E-state index contributed by atoms with van der Waals surface area (Å²) in [6, 6.07) is 5.88. The van der Waals surface area contributed by atoms with E-state index in [4.69, 9.17) is 0 Å². The van der Waals surface area contributed by atoms with Gasteiger partial charge in [0, 0.05) is 18.6 Å². The summed E-state index contributed by atoms with van der Waals surface area (Å²) < 4.78 is 38.3. The van der Waals surface area contributed by atoms with E-state index in [1.54, 1.807) is 6.07 Å². The Labute approximate surface area is 124 Å². The number of benzene rings is 1. The molecule has 3 atom stereocenters. The summed E-state index contributed by atoms with van der Waals surface area (Å²) in [4.78, 5) is 2.29. The molecule has 0 aromatic heterocycles. The molecule has 118 valence electrons. The second-order valence-electron chi connectivity index (χ2n) is 6.15. The number of alkyl halides is 3. The Morgan fingerprint density at radius 3 is 2.67 bits per heavy atom. The number of nitrogens with zero attached hydrogens (tertiary/aromatic N) is 1. The van der Waals surface area contributed by atoms with Crippen LogP contribution in [-0.4, -0.2) is 31.1 Å². The Bertz CT molecular complexity index is 473. The topological polar surface area (TPSA) is 15.3 Å². The molecule has 3 unspecified atom stereocenters. The van der Waals surface area contributed by atoms with Crippen LogP contribution < -0.4 is 5.32 Å². The number of hydrogen-bond acceptors (Lipinski definition) is 2. The van der Waals surface area contributed by atoms with Crippen molar-refractivity contribution in [1.82, 2.24) is 10.2 Å². The van der Waals surface area contributed by atoms with Gasteiger partial charge in [0.15, 0.2) is 0 Å². The molecule has 1 N–H and O–H groups in total. The van der Waals surface area contributed by atoms with Gasteiger partial charge in [-0.3, -0.25) is 0 Å². The number of hydrogen-bond donors (Lipinski definition) is 1. The van der Waals surface area contributed by atoms with Crippen molar-refractivity contribution in [2.75, 3.05) is 20.1 Å². The highest BCUT2D eigenvalue weighted by atomic mass is 19.4. The van der Waals surface area contributed by atoms with Crippen molar-refractivity contribution in [3.63, 3.8) is 0 Å². The fourth-order valence-electron chi connectivity index (χ4n) is 3.00. The van der Waals surface area contributed by atoms with E-state index in [1.807, 2.05) is 6.92 Å². The number of rotatable bonds is 3. The summed E-state index contributed by atoms with van der Waals surface area (Å²) in [5, 5.41) is 3.49. The lowest BCUT2D eigenvalue weighted by molar-refractivity contribution is -0.137. The summed E-state index contributed by atoms with van der Waals surface area (Å²) in [5.41, 5.74) is 0.112. The summed E-state index contributed by atoms with van der Waals surface area (Å²) in [7, 11) is 2.10. The zero-order valence-corrected chi connectivity index (χ0v) is 12.7. The van der Waals surface area contributed by atoms with Crippen molar-refractivity contribution in [1.29, 1.82) is 0 Å². The Morgan fingerprint density at radius 1 is 1.33 bits per heavy atom. The molecule has 1 aromatic carbocycles. The second-order valence-corrected chi connectivity index (χ2v) is 6.15. The molecule has 1 heterocycles. The molecule has 21 heavy (non-hydrogen) atoms. The predicted molar refractivity (Wildman–Crippen MR) is 78.1 cm³/mol. The van der Waals surface area contributed by atoms with Crippen molar-refractivity contribution in [2.24, 2.45) is 5.92 Å². The van der Waals surface area contributed by atoms with E-state index in [0.717, 1.165) is 25.6 Å². The Morgan fingerprint density at radius 2 is 2.05 bits per heavy atom. The minimum Gasteiger partial charge on any atom is -0.307 e. The summed E-state index contributed by atoms with van der Waals surface area (Å²) >= 11 is 0. The first-order chi connectivity index (χ1) is 9.77. The minimum absolute atomic E-state index is 0.0804. The Hall–Kier alpha value is -1.07. The van der Waals surface area contributed by atoms with Gasteiger partial charge >= 0.3 is 6.18 Å². The van der Waals surface area contributed by atoms with Gasteiger partial charge in [0.25, 0.3) is 0 Å². The van der Waals surface area contributed by atoms with Gasteiger partial charge in [0.05, 0.1) is 5.56 Å². The van der Waals surface area contributed by atoms with Crippen LogP contribution in [0.2, 0.25) is 0 Å². The van der Waals surface area contributed by atoms with Crippen molar-refractivity contribution in [3.8, 4) is 0 Å². The smallest absolute Gasteiger partial charge is 0.307 e. The van der Waals surface area contributed by atoms with Gasteiger partial charge < -0.3 is 10.2 Å². The van der Waals surface area contributed by atoms with Gasteiger partial charge in [-0.2, -0.15) is 13.2 Å². The van der Waals surface area contributed by atoms with E-state index in [0.29, 0.717) is 17.5 Å². The first kappa shape index (κ1) is 16.3. The molecule has 1 saturated heterocycles. The van der Waals surface area contributed by atoms with Crippen LogP contribution in [0, 0.1) is 5.92 Å². The van der Waals surface area contributed by atoms with Gasteiger partial charge in [-0.25, -0.2) is 0 Å². The molecule has 2 rings (SSSR count). The van der Waals surface area contributed by atoms with Crippen LogP contribution in [0.1, 0.15) is 37.4 Å². The van der Waals surface area contributed by atoms with Gasteiger partial charge in [-0.05, 0) is 50.6 Å². The van der Waals surface area contributed by atoms with Crippen LogP contribution in [0.15, 0.2) is 24.3 Å². The van der Waals surface area contributed by atoms with E-state index in [1.165, 1.54) is 12.1 Å². The van der Waals surface area contributed by atoms with Gasteiger partial charge in [0.2, 0.25) is 0 Å². The molecule has 0 spiro atoms. The van der Waals surface area contributed by atoms with Crippen LogP contribution in [0.5, 0.6) is 0 Å². The molecule has 0 bridgehead atoms. The van der Waals surface area contributed by atoms with Crippen molar-refractivity contribution < 1.29 is 13.2 Å². The molecule has 1 fully saturated rings. The van der Waals surface area contributed by atoms with Crippen molar-refractivity contribution in [2.45, 2.75) is 38.5 Å². The first-order valence-corrected chi connectivity index (χ1v) is 7.39. The third-order valence-electron chi connectivity index (χ3n) is 4.29. The standard InChI is InChI=1S/C16H23F3N2/c1-11-10-21(3)8-7-15(11)20-12(2)13-5-4-6-14(9-13)16(17,18)19/h4-6,9,11-12,15,20H,7-8,10H2,1-3H3. The zero-order valence-electron chi connectivity index (χ0n) is 12.7. The van der Waals surface area contributed by atoms with Gasteiger partial charge in [-0.15, -0.1) is 0 Å². The molecule has 2 nitrogen and oxygen atoms in total. The lowest BCUT2D eigenvalue weighted by atomic mass is 9.92. The molecule has 1 aliphatic rings. The van der Waals surface area contributed by atoms with Crippen LogP contribution in [0.4, 0.5) is 13.2 Å². The maximum atomic E-state index is 12.8. The highest BCUT2D eigenvalue weighted by Gasteiger charge is 2.31. The van der Waals surface area contributed by atoms with E-state index in [9.17, 15) is 13.2 Å². The van der Waals surface area contributed by atoms with E-state index < -0.39 is 11.7 Å². The number of likely N-dealkylation sites (tertiary alicyclic amines) is 1. The molecule has 1 aliphatic heterocycles. The lowest BCUT2D eigenvalue weighted by Crippen LogP contribution is -2.47. The lowest BCUT2D eigenvalue weighted by Gasteiger charge is -2.37. The monoisotopic (exact) mass is 300 g/mol. The maximum absolute atomic E-state index is 12.8. The molecule has 0 aliphatic carbocycles. The third-order valence-corrected chi connectivity index (χ3v) is 4.29. The van der Waals surface area contributed by atoms with Crippen LogP contribution >= 0.6 is 0 Å². The SMILES string of the molecule is CC(NC1CCN(C)CC1C)c1cccc(C(F)(F)F)c1. The molecule has 0 saturated carbocycles. The minimum atomic E-state index is -4.28. The molecule has 1 aromatic rings. The summed E-state index contributed by atoms with van der Waals surface area (Å²) in [5.74, 6) is 0.497. The molecule has 0 amide bonds. The van der Waals surface area contributed by atoms with Crippen molar-refractivity contribution in [3.05, 3.63) is 35.4 Å². The van der Waals surface area contributed by atoms with Gasteiger partial charge in [0.1, 0.15) is 0 Å². The average molecular weight is 300 g/mol. The Balaban J connectivity index is 2.05. The quantitative estimate of drug-likeness (QED) is 0.915. The van der Waals surface area contributed by atoms with E-state index in [-0.39, 0.29) is 6.04 Å². The number of piperidine rings is 1. The average Bonchev–Trinajstić information content (AvgIpc) is 2.41. The van der Waals surface area contributed by atoms with Crippen LogP contribution in [0.25, 0.3) is 0 Å². The molecule has 0 radical (unpaired) electrons. The van der Waals surface area contributed by atoms with Crippen LogP contribution in [0.3, 0.4) is 0 Å². The highest BCUT2D eigenvalue weighted by Crippen LogP contribution is 2.31. The van der Waals surface area contributed by atoms with E-state index in [2.05, 4.69) is 24.2 Å². The van der Waals surface area contributed by atoms with E-state index >= 15 is 0 Å². The summed E-state index contributed by atoms with van der Waals surface area (Å²) in [6.07, 6.45) is -3.25. The van der Waals surface area contributed by atoms with Crippen LogP contribution in [-0.2, 0) is 6.18 Å². The fraction of sp³-hybridized carbons (Fsp3) is 0.625. The fourth-order valence-corrected chi connectivity index (χ4v) is 3.00. The predicted octanol–water partition coefficient (Wildman–Crippen LogP) is 3.70. The number of nitrogens with one attached hydrogen (secondary N) is 1. The Kier molecular flexibility index (Phi) is 4.94. The first-order valence-electron chi connectivity index (χ1n) is 7.39. The normalized spacial score (nSPS) is 25.8. The third kappa shape index (κ3) is 4.20. The second kappa shape index (κ2) is 6.36. The summed E-state index contributed by atoms with van der Waals surface area (Å²) in [6.45, 7) is 6.16. The largest absolute Gasteiger partial charge is 0.416 e. The molecule has 5 heteroatoms. The molecular weight excluding hydrogens is 277 g/mol. The number of halogens is 3.